The summed E-state index contributed by atoms with van der Waals surface area (Å²) in [7, 11) is 0. The third kappa shape index (κ3) is 5.59. The number of carbonyl (C=O) groups excluding carboxylic acids is 1. The predicted octanol–water partition coefficient (Wildman–Crippen LogP) is 3.92. The summed E-state index contributed by atoms with van der Waals surface area (Å²) in [6.07, 6.45) is 5.31. The van der Waals surface area contributed by atoms with E-state index in [4.69, 9.17) is 10.5 Å². The smallest absolute Gasteiger partial charge is 0.253 e. The SMILES string of the molecule is CC(N)C1CCN(C(=O)c2ccc(Oc3cccnc3)cc2)CC1.Cl.Cl. The standard InChI is InChI=1S/C19H23N3O2.2ClH/c1-14(20)15-8-11-22(12-9-15)19(23)16-4-6-17(7-5-16)24-18-3-2-10-21-13-18;;/h2-7,10,13-15H,8-9,11-12,20H2,1H3;2*1H. The van der Waals surface area contributed by atoms with Gasteiger partial charge in [-0.15, -0.1) is 24.8 Å². The van der Waals surface area contributed by atoms with Crippen molar-refractivity contribution >= 4 is 30.7 Å². The number of amides is 1. The lowest BCUT2D eigenvalue weighted by Crippen LogP contribution is -2.42. The first-order valence-electron chi connectivity index (χ1n) is 8.36. The van der Waals surface area contributed by atoms with Gasteiger partial charge in [0.25, 0.3) is 5.91 Å². The molecule has 0 spiro atoms. The van der Waals surface area contributed by atoms with Crippen molar-refractivity contribution in [3.63, 3.8) is 0 Å². The number of nitrogens with two attached hydrogens (primary N) is 1. The fourth-order valence-corrected chi connectivity index (χ4v) is 3.02. The van der Waals surface area contributed by atoms with Crippen molar-refractivity contribution in [1.29, 1.82) is 0 Å². The van der Waals surface area contributed by atoms with Crippen molar-refractivity contribution < 1.29 is 9.53 Å². The highest BCUT2D eigenvalue weighted by atomic mass is 35.5. The molecule has 0 bridgehead atoms. The van der Waals surface area contributed by atoms with Crippen LogP contribution < -0.4 is 10.5 Å². The third-order valence-electron chi connectivity index (χ3n) is 4.54. The molecule has 2 N–H and O–H groups in total. The number of pyridine rings is 1. The number of piperidine rings is 1. The van der Waals surface area contributed by atoms with Crippen molar-refractivity contribution in [2.75, 3.05) is 13.1 Å². The first-order chi connectivity index (χ1) is 11.6. The summed E-state index contributed by atoms with van der Waals surface area (Å²) < 4.78 is 5.70. The maximum Gasteiger partial charge on any atom is 0.253 e. The number of hydrogen-bond donors (Lipinski definition) is 1. The molecular weight excluding hydrogens is 373 g/mol. The molecule has 1 aliphatic heterocycles. The van der Waals surface area contributed by atoms with Crippen LogP contribution in [0.2, 0.25) is 0 Å². The zero-order valence-electron chi connectivity index (χ0n) is 14.7. The Hall–Kier alpha value is -1.82. The maximum absolute atomic E-state index is 12.6. The lowest BCUT2D eigenvalue weighted by Gasteiger charge is -2.33. The Morgan fingerprint density at radius 3 is 2.35 bits per heavy atom. The average molecular weight is 398 g/mol. The quantitative estimate of drug-likeness (QED) is 0.848. The lowest BCUT2D eigenvalue weighted by atomic mass is 9.90. The van der Waals surface area contributed by atoms with E-state index in [1.165, 1.54) is 0 Å². The Balaban J connectivity index is 0.00000169. The van der Waals surface area contributed by atoms with E-state index in [9.17, 15) is 4.79 Å². The van der Waals surface area contributed by atoms with Crippen molar-refractivity contribution in [2.45, 2.75) is 25.8 Å². The first-order valence-corrected chi connectivity index (χ1v) is 8.36. The normalized spacial score (nSPS) is 15.4. The van der Waals surface area contributed by atoms with Gasteiger partial charge in [-0.1, -0.05) is 0 Å². The number of ether oxygens (including phenoxy) is 1. The van der Waals surface area contributed by atoms with Crippen molar-refractivity contribution in [1.82, 2.24) is 9.88 Å². The van der Waals surface area contributed by atoms with E-state index in [2.05, 4.69) is 4.98 Å². The fourth-order valence-electron chi connectivity index (χ4n) is 3.02. The number of hydrogen-bond acceptors (Lipinski definition) is 4. The van der Waals surface area contributed by atoms with Crippen molar-refractivity contribution in [3.8, 4) is 11.5 Å². The van der Waals surface area contributed by atoms with E-state index in [-0.39, 0.29) is 36.8 Å². The van der Waals surface area contributed by atoms with Crippen LogP contribution in [0.4, 0.5) is 0 Å². The molecule has 3 rings (SSSR count). The summed E-state index contributed by atoms with van der Waals surface area (Å²) in [4.78, 5) is 18.5. The number of halogens is 2. The minimum Gasteiger partial charge on any atom is -0.456 e. The summed E-state index contributed by atoms with van der Waals surface area (Å²) in [5, 5.41) is 0. The van der Waals surface area contributed by atoms with Crippen LogP contribution in [-0.4, -0.2) is 34.9 Å². The van der Waals surface area contributed by atoms with Gasteiger partial charge in [-0.05, 0) is 62.1 Å². The van der Waals surface area contributed by atoms with Gasteiger partial charge in [0.05, 0.1) is 6.20 Å². The lowest BCUT2D eigenvalue weighted by molar-refractivity contribution is 0.0681. The van der Waals surface area contributed by atoms with E-state index in [0.29, 0.717) is 23.0 Å². The second kappa shape index (κ2) is 10.4. The maximum atomic E-state index is 12.6. The Morgan fingerprint density at radius 1 is 1.15 bits per heavy atom. The molecule has 1 aromatic carbocycles. The van der Waals surface area contributed by atoms with Crippen LogP contribution in [0, 0.1) is 5.92 Å². The molecular formula is C19H25Cl2N3O2. The van der Waals surface area contributed by atoms with Crippen LogP contribution >= 0.6 is 24.8 Å². The van der Waals surface area contributed by atoms with Crippen LogP contribution in [0.1, 0.15) is 30.1 Å². The van der Waals surface area contributed by atoms with Crippen molar-refractivity contribution in [3.05, 3.63) is 54.4 Å². The summed E-state index contributed by atoms with van der Waals surface area (Å²) in [6, 6.07) is 11.1. The monoisotopic (exact) mass is 397 g/mol. The molecule has 5 nitrogen and oxygen atoms in total. The van der Waals surface area contributed by atoms with Crippen LogP contribution in [0.5, 0.6) is 11.5 Å². The van der Waals surface area contributed by atoms with E-state index in [0.717, 1.165) is 25.9 Å². The zero-order chi connectivity index (χ0) is 16.9. The van der Waals surface area contributed by atoms with Crippen LogP contribution in [0.3, 0.4) is 0 Å². The summed E-state index contributed by atoms with van der Waals surface area (Å²) in [5.74, 6) is 1.96. The van der Waals surface area contributed by atoms with Gasteiger partial charge in [-0.25, -0.2) is 0 Å². The molecule has 1 aliphatic rings. The highest BCUT2D eigenvalue weighted by Crippen LogP contribution is 2.23. The molecule has 1 fully saturated rings. The minimum absolute atomic E-state index is 0. The van der Waals surface area contributed by atoms with Gasteiger partial charge < -0.3 is 15.4 Å². The highest BCUT2D eigenvalue weighted by Gasteiger charge is 2.25. The van der Waals surface area contributed by atoms with Gasteiger partial charge >= 0.3 is 0 Å². The van der Waals surface area contributed by atoms with Crippen LogP contribution in [0.15, 0.2) is 48.8 Å². The van der Waals surface area contributed by atoms with Gasteiger partial charge in [0.2, 0.25) is 0 Å². The Labute approximate surface area is 166 Å². The minimum atomic E-state index is 0. The molecule has 1 aromatic heterocycles. The van der Waals surface area contributed by atoms with Gasteiger partial charge in [0, 0.05) is 30.9 Å². The number of rotatable bonds is 4. The molecule has 2 aromatic rings. The summed E-state index contributed by atoms with van der Waals surface area (Å²) >= 11 is 0. The van der Waals surface area contributed by atoms with Crippen LogP contribution in [-0.2, 0) is 0 Å². The fraction of sp³-hybridized carbons (Fsp3) is 0.368. The molecule has 1 atom stereocenters. The zero-order valence-corrected chi connectivity index (χ0v) is 16.3. The van der Waals surface area contributed by atoms with Gasteiger partial charge in [-0.2, -0.15) is 0 Å². The molecule has 26 heavy (non-hydrogen) atoms. The number of benzene rings is 1. The van der Waals surface area contributed by atoms with E-state index in [1.54, 1.807) is 12.4 Å². The molecule has 142 valence electrons. The number of nitrogens with zero attached hydrogens (tertiary/aromatic N) is 2. The topological polar surface area (TPSA) is 68.5 Å². The van der Waals surface area contributed by atoms with Gasteiger partial charge in [0.15, 0.2) is 0 Å². The molecule has 2 heterocycles. The number of carbonyl (C=O) groups is 1. The van der Waals surface area contributed by atoms with Crippen LogP contribution in [0.25, 0.3) is 0 Å². The van der Waals surface area contributed by atoms with E-state index < -0.39 is 0 Å². The van der Waals surface area contributed by atoms with Crippen molar-refractivity contribution in [2.24, 2.45) is 11.7 Å². The molecule has 1 amide bonds. The van der Waals surface area contributed by atoms with E-state index >= 15 is 0 Å². The Morgan fingerprint density at radius 2 is 1.81 bits per heavy atom. The largest absolute Gasteiger partial charge is 0.456 e. The molecule has 1 unspecified atom stereocenters. The third-order valence-corrected chi connectivity index (χ3v) is 4.54. The number of likely N-dealkylation sites (tertiary alicyclic amines) is 1. The van der Waals surface area contributed by atoms with Gasteiger partial charge in [-0.3, -0.25) is 9.78 Å². The Kier molecular flexibility index (Phi) is 8.85. The average Bonchev–Trinajstić information content (AvgIpc) is 2.63. The number of aromatic nitrogens is 1. The summed E-state index contributed by atoms with van der Waals surface area (Å²) in [6.45, 7) is 3.60. The first kappa shape index (κ1) is 22.2. The molecule has 0 saturated carbocycles. The highest BCUT2D eigenvalue weighted by molar-refractivity contribution is 5.94. The second-order valence-corrected chi connectivity index (χ2v) is 6.30. The van der Waals surface area contributed by atoms with E-state index in [1.807, 2.05) is 48.2 Å². The molecule has 0 aliphatic carbocycles. The molecule has 7 heteroatoms. The molecule has 1 saturated heterocycles. The Bertz CT molecular complexity index is 673. The summed E-state index contributed by atoms with van der Waals surface area (Å²) in [5.41, 5.74) is 6.65. The predicted molar refractivity (Wildman–Crippen MR) is 108 cm³/mol. The van der Waals surface area contributed by atoms with Gasteiger partial charge in [0.1, 0.15) is 11.5 Å². The molecule has 0 radical (unpaired) electrons. The second-order valence-electron chi connectivity index (χ2n) is 6.30.